The number of aromatic hydroxyl groups is 1. The molecular formula is C32H37N3O8. The summed E-state index contributed by atoms with van der Waals surface area (Å²) in [5.74, 6) is -6.29. The number of hydrogen-bond donors (Lipinski definition) is 6. The number of ether oxygens (including phenoxy) is 1. The summed E-state index contributed by atoms with van der Waals surface area (Å²) in [5, 5.41) is 48.6. The van der Waals surface area contributed by atoms with Gasteiger partial charge < -0.3 is 36.2 Å². The third kappa shape index (κ3) is 4.59. The highest BCUT2D eigenvalue weighted by Crippen LogP contribution is 2.53. The summed E-state index contributed by atoms with van der Waals surface area (Å²) in [5.41, 5.74) is 4.52. The van der Waals surface area contributed by atoms with Crippen LogP contribution >= 0.6 is 0 Å². The summed E-state index contributed by atoms with van der Waals surface area (Å²) in [6, 6.07) is 8.06. The lowest BCUT2D eigenvalue weighted by atomic mass is 9.58. The number of aliphatic hydroxyl groups excluding tert-OH is 2. The molecule has 0 heterocycles. The lowest BCUT2D eigenvalue weighted by Gasteiger charge is -2.50. The molecule has 7 N–H and O–H groups in total. The Hall–Kier alpha value is -4.19. The maximum absolute atomic E-state index is 14.1. The van der Waals surface area contributed by atoms with Gasteiger partial charge in [-0.15, -0.1) is 0 Å². The number of fused-ring (bicyclic) bond motifs is 3. The largest absolute Gasteiger partial charge is 0.510 e. The minimum Gasteiger partial charge on any atom is -0.510 e. The molecule has 2 aromatic carbocycles. The van der Waals surface area contributed by atoms with Crippen molar-refractivity contribution in [3.05, 3.63) is 69.7 Å². The van der Waals surface area contributed by atoms with Crippen molar-refractivity contribution in [3.63, 3.8) is 0 Å². The van der Waals surface area contributed by atoms with Crippen molar-refractivity contribution in [1.82, 2.24) is 10.2 Å². The van der Waals surface area contributed by atoms with Crippen LogP contribution in [0, 0.1) is 11.8 Å². The van der Waals surface area contributed by atoms with E-state index in [1.807, 2.05) is 32.0 Å². The summed E-state index contributed by atoms with van der Waals surface area (Å²) in [6.45, 7) is 4.69. The number of benzene rings is 2. The number of phenols is 1. The van der Waals surface area contributed by atoms with Gasteiger partial charge >= 0.3 is 0 Å². The molecule has 1 amide bonds. The van der Waals surface area contributed by atoms with E-state index in [0.717, 1.165) is 5.56 Å². The number of Topliss-reactive ketones (excluding diaryl/α,β-unsaturated/α-hetero) is 2. The van der Waals surface area contributed by atoms with Crippen LogP contribution in [0.5, 0.6) is 11.5 Å². The molecule has 0 spiro atoms. The van der Waals surface area contributed by atoms with Crippen LogP contribution < -0.4 is 15.8 Å². The van der Waals surface area contributed by atoms with Crippen molar-refractivity contribution in [1.29, 1.82) is 0 Å². The van der Waals surface area contributed by atoms with Crippen LogP contribution in [0.2, 0.25) is 0 Å². The molecule has 43 heavy (non-hydrogen) atoms. The molecule has 11 nitrogen and oxygen atoms in total. The molecule has 0 saturated heterocycles. The Morgan fingerprint density at radius 1 is 1.14 bits per heavy atom. The lowest BCUT2D eigenvalue weighted by molar-refractivity contribution is -0.148. The van der Waals surface area contributed by atoms with Gasteiger partial charge in [-0.2, -0.15) is 0 Å². The molecule has 4 atom stereocenters. The second kappa shape index (κ2) is 10.8. The van der Waals surface area contributed by atoms with Crippen LogP contribution in [0.3, 0.4) is 0 Å². The fourth-order valence-corrected chi connectivity index (χ4v) is 6.90. The number of nitrogens with one attached hydrogen (secondary N) is 1. The number of carbonyl (C=O) groups is 3. The van der Waals surface area contributed by atoms with Gasteiger partial charge in [0.25, 0.3) is 5.91 Å². The van der Waals surface area contributed by atoms with Gasteiger partial charge in [-0.3, -0.25) is 19.3 Å². The van der Waals surface area contributed by atoms with Gasteiger partial charge in [0.1, 0.15) is 28.6 Å². The van der Waals surface area contributed by atoms with Gasteiger partial charge in [-0.05, 0) is 67.7 Å². The van der Waals surface area contributed by atoms with Crippen LogP contribution in [0.15, 0.2) is 53.0 Å². The molecule has 11 heteroatoms. The number of ketones is 2. The number of rotatable bonds is 7. The van der Waals surface area contributed by atoms with E-state index in [2.05, 4.69) is 5.32 Å². The maximum Gasteiger partial charge on any atom is 0.255 e. The fraction of sp³-hybridized carbons (Fsp3) is 0.406. The van der Waals surface area contributed by atoms with E-state index in [1.54, 1.807) is 27.3 Å². The standard InChI is InChI=1S/C32H37N3O8/c1-14(2)34-13-15-6-9-22(43-5)18(10-15)17-7-8-21(36)24-19(17)11-16-12-20-26(35(3)4)28(38)25(31(33)41)30(40)32(20,42)29(39)23(16)27(24)37/h6-10,14,16,20,26,34,36,38-39,42H,11-13H2,1-5H3,(H2,33,41)/t16-,20-,26?,32-/m0/s1. The highest BCUT2D eigenvalue weighted by molar-refractivity contribution is 6.25. The first-order valence-corrected chi connectivity index (χ1v) is 14.1. The molecule has 3 aliphatic carbocycles. The van der Waals surface area contributed by atoms with Gasteiger partial charge in [0.15, 0.2) is 11.4 Å². The normalized spacial score (nSPS) is 25.2. The number of hydrogen-bond acceptors (Lipinski definition) is 10. The topological polar surface area (TPSA) is 183 Å². The SMILES string of the molecule is COc1ccc(CNC(C)C)cc1-c1ccc(O)c2c1C[C@H]1C[C@H]3C(N(C)C)C(O)=C(C(N)=O)C(=O)[C@@]3(O)C(O)=C1C2=O. The molecule has 228 valence electrons. The maximum atomic E-state index is 14.1. The van der Waals surface area contributed by atoms with Crippen LogP contribution in [0.1, 0.15) is 41.8 Å². The predicted octanol–water partition coefficient (Wildman–Crippen LogP) is 2.29. The molecular weight excluding hydrogens is 554 g/mol. The molecule has 0 saturated carbocycles. The van der Waals surface area contributed by atoms with Crippen LogP contribution in [0.25, 0.3) is 11.1 Å². The molecule has 2 aromatic rings. The van der Waals surface area contributed by atoms with E-state index in [4.69, 9.17) is 10.5 Å². The summed E-state index contributed by atoms with van der Waals surface area (Å²) in [6.07, 6.45) is 0.187. The van der Waals surface area contributed by atoms with E-state index in [9.17, 15) is 34.8 Å². The summed E-state index contributed by atoms with van der Waals surface area (Å²) in [7, 11) is 4.74. The van der Waals surface area contributed by atoms with Gasteiger partial charge in [-0.1, -0.05) is 26.0 Å². The van der Waals surface area contributed by atoms with Crippen molar-refractivity contribution in [2.75, 3.05) is 21.2 Å². The third-order valence-corrected chi connectivity index (χ3v) is 8.87. The average Bonchev–Trinajstić information content (AvgIpc) is 2.93. The first kappa shape index (κ1) is 30.3. The predicted molar refractivity (Wildman–Crippen MR) is 158 cm³/mol. The van der Waals surface area contributed by atoms with Gasteiger partial charge in [-0.25, -0.2) is 0 Å². The highest BCUT2D eigenvalue weighted by Gasteiger charge is 2.63. The number of primary amides is 1. The molecule has 0 bridgehead atoms. The van der Waals surface area contributed by atoms with E-state index >= 15 is 0 Å². The monoisotopic (exact) mass is 591 g/mol. The van der Waals surface area contributed by atoms with Gasteiger partial charge in [0, 0.05) is 29.6 Å². The van der Waals surface area contributed by atoms with Crippen LogP contribution in [-0.4, -0.2) is 81.7 Å². The Morgan fingerprint density at radius 3 is 2.44 bits per heavy atom. The van der Waals surface area contributed by atoms with Crippen molar-refractivity contribution >= 4 is 17.5 Å². The quantitative estimate of drug-likeness (QED) is 0.261. The highest BCUT2D eigenvalue weighted by atomic mass is 16.5. The Morgan fingerprint density at radius 2 is 1.84 bits per heavy atom. The number of nitrogens with zero attached hydrogens (tertiary/aromatic N) is 1. The van der Waals surface area contributed by atoms with Crippen molar-refractivity contribution < 1.29 is 39.5 Å². The zero-order chi connectivity index (χ0) is 31.5. The number of aliphatic hydroxyl groups is 3. The zero-order valence-corrected chi connectivity index (χ0v) is 24.8. The molecule has 0 radical (unpaired) electrons. The van der Waals surface area contributed by atoms with E-state index < -0.39 is 58.0 Å². The lowest BCUT2D eigenvalue weighted by Crippen LogP contribution is -2.63. The number of allylic oxidation sites excluding steroid dienone is 1. The molecule has 3 aliphatic rings. The Balaban J connectivity index is 1.69. The molecule has 5 rings (SSSR count). The molecule has 0 fully saturated rings. The second-order valence-corrected chi connectivity index (χ2v) is 12.0. The number of nitrogens with two attached hydrogens (primary N) is 1. The Kier molecular flexibility index (Phi) is 7.62. The van der Waals surface area contributed by atoms with Crippen molar-refractivity contribution in [3.8, 4) is 22.6 Å². The molecule has 1 unspecified atom stereocenters. The Labute approximate surface area is 249 Å². The average molecular weight is 592 g/mol. The summed E-state index contributed by atoms with van der Waals surface area (Å²) < 4.78 is 5.67. The third-order valence-electron chi connectivity index (χ3n) is 8.87. The zero-order valence-electron chi connectivity index (χ0n) is 24.8. The van der Waals surface area contributed by atoms with Crippen LogP contribution in [0.4, 0.5) is 0 Å². The molecule has 0 aromatic heterocycles. The smallest absolute Gasteiger partial charge is 0.255 e. The number of amides is 1. The number of carbonyl (C=O) groups excluding carboxylic acids is 3. The van der Waals surface area contributed by atoms with E-state index in [-0.39, 0.29) is 35.8 Å². The summed E-state index contributed by atoms with van der Waals surface area (Å²) >= 11 is 0. The van der Waals surface area contributed by atoms with Gasteiger partial charge in [0.2, 0.25) is 5.78 Å². The minimum atomic E-state index is -2.68. The van der Waals surface area contributed by atoms with E-state index in [1.165, 1.54) is 11.0 Å². The number of likely N-dealkylation sites (N-methyl/N-ethyl adjacent to an activating group) is 1. The molecule has 0 aliphatic heterocycles. The van der Waals surface area contributed by atoms with Gasteiger partial charge in [0.05, 0.1) is 18.7 Å². The fourth-order valence-electron chi connectivity index (χ4n) is 6.90. The summed E-state index contributed by atoms with van der Waals surface area (Å²) in [4.78, 5) is 41.3. The number of phenolic OH excluding ortho intramolecular Hbond substituents is 1. The minimum absolute atomic E-state index is 0.0103. The van der Waals surface area contributed by atoms with Crippen molar-refractivity contribution in [2.45, 2.75) is 50.9 Å². The first-order valence-electron chi connectivity index (χ1n) is 14.1. The van der Waals surface area contributed by atoms with Crippen molar-refractivity contribution in [2.24, 2.45) is 17.6 Å². The second-order valence-electron chi connectivity index (χ2n) is 12.0. The van der Waals surface area contributed by atoms with Crippen LogP contribution in [-0.2, 0) is 22.6 Å². The van der Waals surface area contributed by atoms with E-state index in [0.29, 0.717) is 29.0 Å². The number of methoxy groups -OCH3 is 1. The Bertz CT molecular complexity index is 1610. The first-order chi connectivity index (χ1) is 20.2.